The second kappa shape index (κ2) is 7.01. The number of nitrogens with zero attached hydrogens (tertiary/aromatic N) is 4. The third kappa shape index (κ3) is 3.63. The van der Waals surface area contributed by atoms with Gasteiger partial charge in [-0.2, -0.15) is 0 Å². The van der Waals surface area contributed by atoms with Crippen molar-refractivity contribution in [1.29, 1.82) is 0 Å². The Morgan fingerprint density at radius 2 is 2.00 bits per heavy atom. The topological polar surface area (TPSA) is 58.3 Å². The van der Waals surface area contributed by atoms with Crippen LogP contribution in [0.2, 0.25) is 5.02 Å². The Balaban J connectivity index is 1.60. The van der Waals surface area contributed by atoms with Gasteiger partial charge >= 0.3 is 0 Å². The van der Waals surface area contributed by atoms with Crippen molar-refractivity contribution in [2.24, 2.45) is 11.8 Å². The highest BCUT2D eigenvalue weighted by Gasteiger charge is 2.26. The molecule has 122 valence electrons. The summed E-state index contributed by atoms with van der Waals surface area (Å²) in [4.78, 5) is 13.2. The van der Waals surface area contributed by atoms with Crippen molar-refractivity contribution in [2.45, 2.75) is 32.6 Å². The van der Waals surface area contributed by atoms with Gasteiger partial charge < -0.3 is 15.5 Å². The summed E-state index contributed by atoms with van der Waals surface area (Å²) in [7, 11) is 0. The minimum Gasteiger partial charge on any atom is -0.382 e. The van der Waals surface area contributed by atoms with Crippen molar-refractivity contribution in [1.82, 2.24) is 14.9 Å². The molecule has 1 atom stereocenters. The lowest BCUT2D eigenvalue weighted by Crippen LogP contribution is -2.43. The fourth-order valence-electron chi connectivity index (χ4n) is 3.61. The molecule has 1 aromatic heterocycles. The first-order valence-electron chi connectivity index (χ1n) is 8.36. The number of hydrogen-bond acceptors (Lipinski definition) is 5. The minimum absolute atomic E-state index is 0.374. The van der Waals surface area contributed by atoms with Crippen LogP contribution >= 0.6 is 11.6 Å². The third-order valence-electron chi connectivity index (χ3n) is 5.01. The van der Waals surface area contributed by atoms with E-state index in [0.29, 0.717) is 16.8 Å². The number of piperidine rings is 2. The molecule has 0 saturated carbocycles. The molecule has 2 saturated heterocycles. The van der Waals surface area contributed by atoms with E-state index in [1.54, 1.807) is 0 Å². The molecule has 2 fully saturated rings. The summed E-state index contributed by atoms with van der Waals surface area (Å²) in [6.45, 7) is 8.08. The predicted octanol–water partition coefficient (Wildman–Crippen LogP) is 2.66. The van der Waals surface area contributed by atoms with Crippen molar-refractivity contribution >= 4 is 23.2 Å². The Morgan fingerprint density at radius 3 is 2.77 bits per heavy atom. The number of likely N-dealkylation sites (tertiary alicyclic amines) is 1. The van der Waals surface area contributed by atoms with Gasteiger partial charge in [-0.25, -0.2) is 9.97 Å². The second-order valence-corrected chi connectivity index (χ2v) is 7.21. The van der Waals surface area contributed by atoms with Gasteiger partial charge in [-0.15, -0.1) is 0 Å². The van der Waals surface area contributed by atoms with Gasteiger partial charge in [0.15, 0.2) is 5.82 Å². The zero-order chi connectivity index (χ0) is 15.5. The van der Waals surface area contributed by atoms with Crippen molar-refractivity contribution in [3.63, 3.8) is 0 Å². The van der Waals surface area contributed by atoms with Crippen LogP contribution in [0.3, 0.4) is 0 Å². The van der Waals surface area contributed by atoms with Crippen LogP contribution in [0.15, 0.2) is 6.33 Å². The number of rotatable bonds is 3. The molecule has 1 aromatic rings. The van der Waals surface area contributed by atoms with Crippen LogP contribution in [0, 0.1) is 11.8 Å². The van der Waals surface area contributed by atoms with Gasteiger partial charge in [0.25, 0.3) is 0 Å². The van der Waals surface area contributed by atoms with E-state index in [1.807, 2.05) is 0 Å². The SMILES string of the molecule is CC1CCN(CC2CCCN(c3ncnc(N)c3Cl)C2)CC1. The van der Waals surface area contributed by atoms with Crippen LogP contribution in [0.25, 0.3) is 0 Å². The predicted molar refractivity (Wildman–Crippen MR) is 91.2 cm³/mol. The number of nitrogen functional groups attached to an aromatic ring is 1. The van der Waals surface area contributed by atoms with Crippen LogP contribution in [0.5, 0.6) is 0 Å². The highest BCUT2D eigenvalue weighted by atomic mass is 35.5. The maximum absolute atomic E-state index is 6.28. The summed E-state index contributed by atoms with van der Waals surface area (Å²) in [6.07, 6.45) is 6.66. The lowest BCUT2D eigenvalue weighted by atomic mass is 9.94. The zero-order valence-electron chi connectivity index (χ0n) is 13.3. The number of nitrogens with two attached hydrogens (primary N) is 1. The Bertz CT molecular complexity index is 501. The molecule has 2 N–H and O–H groups in total. The standard InChI is InChI=1S/C16H26ClN5/c1-12-4-7-21(8-5-12)9-13-3-2-6-22(10-13)16-14(17)15(18)19-11-20-16/h11-13H,2-10H2,1H3,(H2,18,19,20). The molecule has 0 spiro atoms. The van der Waals surface area contributed by atoms with Gasteiger partial charge in [-0.3, -0.25) is 0 Å². The molecule has 3 heterocycles. The lowest BCUT2D eigenvalue weighted by molar-refractivity contribution is 0.159. The summed E-state index contributed by atoms with van der Waals surface area (Å²) in [5.74, 6) is 2.75. The number of halogens is 1. The summed E-state index contributed by atoms with van der Waals surface area (Å²) in [5.41, 5.74) is 5.81. The molecule has 0 radical (unpaired) electrons. The molecule has 0 amide bonds. The molecular formula is C16H26ClN5. The van der Waals surface area contributed by atoms with Crippen LogP contribution < -0.4 is 10.6 Å². The smallest absolute Gasteiger partial charge is 0.153 e. The molecule has 22 heavy (non-hydrogen) atoms. The van der Waals surface area contributed by atoms with E-state index in [4.69, 9.17) is 17.3 Å². The summed E-state index contributed by atoms with van der Waals surface area (Å²) < 4.78 is 0. The van der Waals surface area contributed by atoms with E-state index < -0.39 is 0 Å². The maximum Gasteiger partial charge on any atom is 0.153 e. The van der Waals surface area contributed by atoms with E-state index >= 15 is 0 Å². The van der Waals surface area contributed by atoms with Gasteiger partial charge in [-0.05, 0) is 50.6 Å². The van der Waals surface area contributed by atoms with Crippen molar-refractivity contribution in [2.75, 3.05) is 43.4 Å². The van der Waals surface area contributed by atoms with E-state index in [2.05, 4.69) is 26.7 Å². The zero-order valence-corrected chi connectivity index (χ0v) is 14.1. The first kappa shape index (κ1) is 15.8. The molecule has 5 nitrogen and oxygen atoms in total. The minimum atomic E-state index is 0.374. The van der Waals surface area contributed by atoms with E-state index in [1.165, 1.54) is 51.6 Å². The molecule has 2 aliphatic heterocycles. The monoisotopic (exact) mass is 323 g/mol. The van der Waals surface area contributed by atoms with Gasteiger partial charge in [0.1, 0.15) is 17.2 Å². The number of aromatic nitrogens is 2. The van der Waals surface area contributed by atoms with E-state index in [9.17, 15) is 0 Å². The number of anilines is 2. The first-order valence-corrected chi connectivity index (χ1v) is 8.74. The highest BCUT2D eigenvalue weighted by Crippen LogP contribution is 2.30. The average molecular weight is 324 g/mol. The van der Waals surface area contributed by atoms with Crippen LogP contribution in [-0.2, 0) is 0 Å². The summed E-state index contributed by atoms with van der Waals surface area (Å²) in [5, 5.41) is 0.495. The van der Waals surface area contributed by atoms with Gasteiger partial charge in [0.05, 0.1) is 0 Å². The Hall–Kier alpha value is -1.07. The van der Waals surface area contributed by atoms with Crippen LogP contribution in [-0.4, -0.2) is 47.6 Å². The van der Waals surface area contributed by atoms with E-state index in [-0.39, 0.29) is 0 Å². The Morgan fingerprint density at radius 1 is 1.23 bits per heavy atom. The summed E-state index contributed by atoms with van der Waals surface area (Å²) in [6, 6.07) is 0. The maximum atomic E-state index is 6.28. The number of hydrogen-bond donors (Lipinski definition) is 1. The van der Waals surface area contributed by atoms with Crippen LogP contribution in [0.1, 0.15) is 32.6 Å². The summed E-state index contributed by atoms with van der Waals surface area (Å²) >= 11 is 6.28. The fraction of sp³-hybridized carbons (Fsp3) is 0.750. The third-order valence-corrected chi connectivity index (χ3v) is 5.37. The van der Waals surface area contributed by atoms with Crippen molar-refractivity contribution < 1.29 is 0 Å². The first-order chi connectivity index (χ1) is 10.6. The molecule has 0 aliphatic carbocycles. The van der Waals surface area contributed by atoms with Gasteiger partial charge in [-0.1, -0.05) is 18.5 Å². The van der Waals surface area contributed by atoms with Gasteiger partial charge in [0.2, 0.25) is 0 Å². The normalized spacial score (nSPS) is 24.6. The fourth-order valence-corrected chi connectivity index (χ4v) is 3.83. The van der Waals surface area contributed by atoms with E-state index in [0.717, 1.165) is 24.8 Å². The molecular weight excluding hydrogens is 298 g/mol. The second-order valence-electron chi connectivity index (χ2n) is 6.83. The Kier molecular flexibility index (Phi) is 5.03. The molecule has 0 bridgehead atoms. The molecule has 0 aromatic carbocycles. The van der Waals surface area contributed by atoms with Crippen molar-refractivity contribution in [3.05, 3.63) is 11.3 Å². The average Bonchev–Trinajstić information content (AvgIpc) is 2.53. The van der Waals surface area contributed by atoms with Crippen molar-refractivity contribution in [3.8, 4) is 0 Å². The Labute approximate surface area is 137 Å². The van der Waals surface area contributed by atoms with Gasteiger partial charge in [0, 0.05) is 19.6 Å². The molecule has 3 rings (SSSR count). The quantitative estimate of drug-likeness (QED) is 0.926. The molecule has 2 aliphatic rings. The highest BCUT2D eigenvalue weighted by molar-refractivity contribution is 6.35. The molecule has 1 unspecified atom stereocenters. The molecule has 6 heteroatoms. The lowest BCUT2D eigenvalue weighted by Gasteiger charge is -2.38. The van der Waals surface area contributed by atoms with Crippen LogP contribution in [0.4, 0.5) is 11.6 Å². The largest absolute Gasteiger partial charge is 0.382 e.